The fourth-order valence-corrected chi connectivity index (χ4v) is 2.17. The smallest absolute Gasteiger partial charge is 0.217 e. The van der Waals surface area contributed by atoms with Gasteiger partial charge in [0.1, 0.15) is 5.82 Å². The maximum Gasteiger partial charge on any atom is 0.217 e. The molecule has 0 spiro atoms. The number of aromatic nitrogens is 1. The third-order valence-corrected chi connectivity index (χ3v) is 3.26. The van der Waals surface area contributed by atoms with E-state index >= 15 is 0 Å². The maximum absolute atomic E-state index is 13.0. The van der Waals surface area contributed by atoms with Gasteiger partial charge in [-0.15, -0.1) is 0 Å². The number of hydrogen-bond donors (Lipinski definition) is 1. The molecule has 4 heteroatoms. The van der Waals surface area contributed by atoms with E-state index in [2.05, 4.69) is 17.2 Å². The van der Waals surface area contributed by atoms with Crippen LogP contribution in [0.4, 0.5) is 4.39 Å². The first-order valence-electron chi connectivity index (χ1n) is 6.71. The molecule has 1 heterocycles. The third kappa shape index (κ3) is 3.54. The Morgan fingerprint density at radius 1 is 1.25 bits per heavy atom. The van der Waals surface area contributed by atoms with Crippen molar-refractivity contribution >= 4 is 0 Å². The van der Waals surface area contributed by atoms with E-state index in [1.165, 1.54) is 12.1 Å². The van der Waals surface area contributed by atoms with Gasteiger partial charge in [-0.2, -0.15) is 0 Å². The highest BCUT2D eigenvalue weighted by molar-refractivity contribution is 5.26. The molecule has 0 saturated carbocycles. The lowest BCUT2D eigenvalue weighted by Gasteiger charge is -2.18. The van der Waals surface area contributed by atoms with Gasteiger partial charge in [0.2, 0.25) is 5.88 Å². The Kier molecular flexibility index (Phi) is 5.07. The highest BCUT2D eigenvalue weighted by atomic mass is 19.1. The van der Waals surface area contributed by atoms with Gasteiger partial charge in [-0.3, -0.25) is 0 Å². The standard InChI is InChI=1S/C16H19FN2O/c1-3-15(12-6-8-14(17)9-7-12)19-11-13-5-4-10-18-16(13)20-2/h4-10,15,19H,3,11H2,1-2H3. The van der Waals surface area contributed by atoms with Crippen molar-refractivity contribution in [1.29, 1.82) is 0 Å². The lowest BCUT2D eigenvalue weighted by Crippen LogP contribution is -2.20. The summed E-state index contributed by atoms with van der Waals surface area (Å²) in [6.07, 6.45) is 2.63. The van der Waals surface area contributed by atoms with Gasteiger partial charge in [0.15, 0.2) is 0 Å². The number of methoxy groups -OCH3 is 1. The summed E-state index contributed by atoms with van der Waals surface area (Å²) in [6.45, 7) is 2.76. The molecule has 3 nitrogen and oxygen atoms in total. The Morgan fingerprint density at radius 3 is 2.65 bits per heavy atom. The van der Waals surface area contributed by atoms with Gasteiger partial charge < -0.3 is 10.1 Å². The molecule has 0 saturated heterocycles. The molecule has 0 aliphatic carbocycles. The summed E-state index contributed by atoms with van der Waals surface area (Å²) in [5.41, 5.74) is 2.09. The average Bonchev–Trinajstić information content (AvgIpc) is 2.50. The lowest BCUT2D eigenvalue weighted by molar-refractivity contribution is 0.388. The normalized spacial score (nSPS) is 12.2. The molecule has 0 bridgehead atoms. The van der Waals surface area contributed by atoms with E-state index < -0.39 is 0 Å². The van der Waals surface area contributed by atoms with Crippen LogP contribution < -0.4 is 10.1 Å². The molecular formula is C16H19FN2O. The summed E-state index contributed by atoms with van der Waals surface area (Å²) in [7, 11) is 1.61. The summed E-state index contributed by atoms with van der Waals surface area (Å²) in [6, 6.07) is 10.7. The van der Waals surface area contributed by atoms with Crippen molar-refractivity contribution in [1.82, 2.24) is 10.3 Å². The van der Waals surface area contributed by atoms with E-state index in [4.69, 9.17) is 4.74 Å². The Bertz CT molecular complexity index is 542. The van der Waals surface area contributed by atoms with Crippen LogP contribution in [-0.2, 0) is 6.54 Å². The quantitative estimate of drug-likeness (QED) is 0.875. The van der Waals surface area contributed by atoms with E-state index in [0.717, 1.165) is 17.5 Å². The zero-order valence-electron chi connectivity index (χ0n) is 11.8. The van der Waals surface area contributed by atoms with Crippen molar-refractivity contribution in [2.75, 3.05) is 7.11 Å². The van der Waals surface area contributed by atoms with Gasteiger partial charge in [0.25, 0.3) is 0 Å². The van der Waals surface area contributed by atoms with Crippen molar-refractivity contribution < 1.29 is 9.13 Å². The lowest BCUT2D eigenvalue weighted by atomic mass is 10.0. The number of pyridine rings is 1. The summed E-state index contributed by atoms with van der Waals surface area (Å²) in [4.78, 5) is 4.17. The number of hydrogen-bond acceptors (Lipinski definition) is 3. The number of nitrogens with zero attached hydrogens (tertiary/aromatic N) is 1. The molecule has 1 aromatic carbocycles. The minimum Gasteiger partial charge on any atom is -0.481 e. The van der Waals surface area contributed by atoms with Crippen LogP contribution in [0, 0.1) is 5.82 Å². The molecule has 2 aromatic rings. The van der Waals surface area contributed by atoms with Crippen LogP contribution in [0.15, 0.2) is 42.6 Å². The number of rotatable bonds is 6. The summed E-state index contributed by atoms with van der Waals surface area (Å²) < 4.78 is 18.2. The number of halogens is 1. The molecule has 0 amide bonds. The number of ether oxygens (including phenoxy) is 1. The monoisotopic (exact) mass is 274 g/mol. The summed E-state index contributed by atoms with van der Waals surface area (Å²) >= 11 is 0. The van der Waals surface area contributed by atoms with Gasteiger partial charge in [0, 0.05) is 24.3 Å². The van der Waals surface area contributed by atoms with Gasteiger partial charge in [-0.05, 0) is 30.2 Å². The predicted octanol–water partition coefficient (Wildman–Crippen LogP) is 3.47. The second-order valence-corrected chi connectivity index (χ2v) is 4.57. The number of nitrogens with one attached hydrogen (secondary N) is 1. The minimum atomic E-state index is -0.211. The Balaban J connectivity index is 2.05. The molecule has 0 aliphatic heterocycles. The van der Waals surface area contributed by atoms with Crippen molar-refractivity contribution in [2.45, 2.75) is 25.9 Å². The topological polar surface area (TPSA) is 34.2 Å². The SMILES string of the molecule is CCC(NCc1cccnc1OC)c1ccc(F)cc1. The highest BCUT2D eigenvalue weighted by Gasteiger charge is 2.10. The van der Waals surface area contributed by atoms with Crippen molar-refractivity contribution in [3.05, 3.63) is 59.5 Å². The van der Waals surface area contributed by atoms with Crippen LogP contribution in [0.25, 0.3) is 0 Å². The first-order valence-corrected chi connectivity index (χ1v) is 6.71. The molecule has 1 N–H and O–H groups in total. The van der Waals surface area contributed by atoms with Gasteiger partial charge in [-0.1, -0.05) is 25.1 Å². The third-order valence-electron chi connectivity index (χ3n) is 3.26. The molecular weight excluding hydrogens is 255 g/mol. The zero-order valence-corrected chi connectivity index (χ0v) is 11.8. The van der Waals surface area contributed by atoms with Crippen LogP contribution >= 0.6 is 0 Å². The molecule has 20 heavy (non-hydrogen) atoms. The van der Waals surface area contributed by atoms with Crippen LogP contribution in [0.2, 0.25) is 0 Å². The molecule has 0 fully saturated rings. The maximum atomic E-state index is 13.0. The molecule has 0 aliphatic rings. The average molecular weight is 274 g/mol. The van der Waals surface area contributed by atoms with Crippen molar-refractivity contribution in [3.8, 4) is 5.88 Å². The fourth-order valence-electron chi connectivity index (χ4n) is 2.17. The van der Waals surface area contributed by atoms with Crippen LogP contribution in [0.3, 0.4) is 0 Å². The molecule has 2 rings (SSSR count). The highest BCUT2D eigenvalue weighted by Crippen LogP contribution is 2.19. The number of benzene rings is 1. The Morgan fingerprint density at radius 2 is 2.00 bits per heavy atom. The van der Waals surface area contributed by atoms with E-state index in [1.807, 2.05) is 24.3 Å². The van der Waals surface area contributed by atoms with E-state index in [0.29, 0.717) is 12.4 Å². The van der Waals surface area contributed by atoms with E-state index in [-0.39, 0.29) is 11.9 Å². The molecule has 1 atom stereocenters. The van der Waals surface area contributed by atoms with Crippen molar-refractivity contribution in [3.63, 3.8) is 0 Å². The first-order chi connectivity index (χ1) is 9.74. The van der Waals surface area contributed by atoms with Crippen LogP contribution in [0.1, 0.15) is 30.5 Å². The van der Waals surface area contributed by atoms with Gasteiger partial charge >= 0.3 is 0 Å². The second kappa shape index (κ2) is 7.01. The zero-order chi connectivity index (χ0) is 14.4. The largest absolute Gasteiger partial charge is 0.481 e. The van der Waals surface area contributed by atoms with E-state index in [9.17, 15) is 4.39 Å². The Labute approximate surface area is 118 Å². The summed E-state index contributed by atoms with van der Waals surface area (Å²) in [5, 5.41) is 3.45. The fraction of sp³-hybridized carbons (Fsp3) is 0.312. The van der Waals surface area contributed by atoms with Gasteiger partial charge in [-0.25, -0.2) is 9.37 Å². The van der Waals surface area contributed by atoms with Crippen LogP contribution in [-0.4, -0.2) is 12.1 Å². The Hall–Kier alpha value is -1.94. The second-order valence-electron chi connectivity index (χ2n) is 4.57. The summed E-state index contributed by atoms with van der Waals surface area (Å²) in [5.74, 6) is 0.423. The van der Waals surface area contributed by atoms with Crippen molar-refractivity contribution in [2.24, 2.45) is 0 Å². The van der Waals surface area contributed by atoms with Gasteiger partial charge in [0.05, 0.1) is 7.11 Å². The minimum absolute atomic E-state index is 0.181. The molecule has 1 aromatic heterocycles. The van der Waals surface area contributed by atoms with Crippen LogP contribution in [0.5, 0.6) is 5.88 Å². The predicted molar refractivity (Wildman–Crippen MR) is 77.1 cm³/mol. The van der Waals surface area contributed by atoms with E-state index in [1.54, 1.807) is 13.3 Å². The molecule has 106 valence electrons. The molecule has 0 radical (unpaired) electrons. The first kappa shape index (κ1) is 14.5. The molecule has 1 unspecified atom stereocenters.